The van der Waals surface area contributed by atoms with Crippen molar-refractivity contribution in [1.29, 1.82) is 0 Å². The van der Waals surface area contributed by atoms with E-state index in [1.807, 2.05) is 42.5 Å². The van der Waals surface area contributed by atoms with Crippen molar-refractivity contribution in [3.05, 3.63) is 107 Å². The van der Waals surface area contributed by atoms with Gasteiger partial charge in [-0.15, -0.1) is 0 Å². The van der Waals surface area contributed by atoms with Crippen LogP contribution in [0.2, 0.25) is 0 Å². The highest BCUT2D eigenvalue weighted by Crippen LogP contribution is 2.29. The third-order valence-electron chi connectivity index (χ3n) is 7.14. The van der Waals surface area contributed by atoms with Gasteiger partial charge < -0.3 is 29.2 Å². The second-order valence-corrected chi connectivity index (χ2v) is 12.2. The van der Waals surface area contributed by atoms with Gasteiger partial charge in [-0.25, -0.2) is 18.4 Å². The van der Waals surface area contributed by atoms with Gasteiger partial charge >= 0.3 is 12.1 Å². The topological polar surface area (TPSA) is 97.4 Å². The molecule has 0 fully saturated rings. The van der Waals surface area contributed by atoms with Gasteiger partial charge in [0, 0.05) is 44.8 Å². The highest BCUT2D eigenvalue weighted by Gasteiger charge is 2.42. The molecule has 1 unspecified atom stereocenters. The Balaban J connectivity index is 1.93. The van der Waals surface area contributed by atoms with Crippen LogP contribution in [0.3, 0.4) is 0 Å². The second kappa shape index (κ2) is 18.5. The van der Waals surface area contributed by atoms with E-state index in [2.05, 4.69) is 17.2 Å². The van der Waals surface area contributed by atoms with E-state index in [1.54, 1.807) is 51.1 Å². The smallest absolute Gasteiger partial charge is 0.407 e. The number of amides is 3. The van der Waals surface area contributed by atoms with E-state index < -0.39 is 40.6 Å². The molecule has 0 heterocycles. The van der Waals surface area contributed by atoms with Gasteiger partial charge in [0.1, 0.15) is 17.6 Å². The maximum Gasteiger partial charge on any atom is 0.407 e. The molecular weight excluding hydrogens is 632 g/mol. The SMILES string of the molecule is COCC(CC=O)(COC/C=C/c1ccccc1)N(CCNC(=O)OC(C)(C)C)C(=O)N(C)c1c(F)cc(C#Cc2ccccc2)cc1F. The highest BCUT2D eigenvalue weighted by molar-refractivity contribution is 5.92. The number of anilines is 1. The molecule has 0 radical (unpaired) electrons. The van der Waals surface area contributed by atoms with E-state index in [0.29, 0.717) is 11.8 Å². The number of aldehydes is 1. The molecule has 0 aliphatic heterocycles. The Labute approximate surface area is 286 Å². The fraction of sp³-hybridized carbons (Fsp3) is 0.342. The van der Waals surface area contributed by atoms with Crippen molar-refractivity contribution < 1.29 is 37.4 Å². The quantitative estimate of drug-likeness (QED) is 0.120. The number of hydrogen-bond donors (Lipinski definition) is 1. The fourth-order valence-corrected chi connectivity index (χ4v) is 4.93. The van der Waals surface area contributed by atoms with Gasteiger partial charge in [0.15, 0.2) is 11.6 Å². The summed E-state index contributed by atoms with van der Waals surface area (Å²) in [7, 11) is 2.62. The molecule has 3 aromatic rings. The largest absolute Gasteiger partial charge is 0.444 e. The molecular formula is C38H43F2N3O6. The second-order valence-electron chi connectivity index (χ2n) is 12.2. The standard InChI is InChI=1S/C38H43F2N3O6/c1-37(2,3)49-35(45)41-21-22-43(38(20-23-44,27-47-5)28-48-24-12-17-29-13-8-6-9-14-29)36(46)42(4)34-32(39)25-31(26-33(34)40)19-18-30-15-10-7-11-16-30/h6-17,23,25-26H,20-22,24,27-28H2,1-5H3,(H,41,45)/b17-12+. The first-order valence-corrected chi connectivity index (χ1v) is 15.7. The van der Waals surface area contributed by atoms with Crippen LogP contribution in [-0.4, -0.2) is 81.5 Å². The summed E-state index contributed by atoms with van der Waals surface area (Å²) in [5.41, 5.74) is -1.12. The summed E-state index contributed by atoms with van der Waals surface area (Å²) in [5, 5.41) is 2.59. The first-order valence-electron chi connectivity index (χ1n) is 15.7. The number of urea groups is 1. The van der Waals surface area contributed by atoms with Crippen LogP contribution in [0.25, 0.3) is 6.08 Å². The van der Waals surface area contributed by atoms with Crippen LogP contribution in [0, 0.1) is 23.5 Å². The third kappa shape index (κ3) is 11.9. The number of halogens is 2. The van der Waals surface area contributed by atoms with Gasteiger partial charge in [-0.05, 0) is 50.6 Å². The monoisotopic (exact) mass is 675 g/mol. The molecule has 0 aliphatic rings. The van der Waals surface area contributed by atoms with Crippen molar-refractivity contribution >= 4 is 30.2 Å². The van der Waals surface area contributed by atoms with E-state index in [-0.39, 0.29) is 44.9 Å². The van der Waals surface area contributed by atoms with E-state index in [4.69, 9.17) is 14.2 Å². The predicted molar refractivity (Wildman–Crippen MR) is 185 cm³/mol. The molecule has 3 rings (SSSR count). The van der Waals surface area contributed by atoms with Crippen molar-refractivity contribution in [1.82, 2.24) is 10.2 Å². The zero-order chi connectivity index (χ0) is 35.9. The lowest BCUT2D eigenvalue weighted by Gasteiger charge is -2.44. The van der Waals surface area contributed by atoms with Gasteiger partial charge in [-0.1, -0.05) is 72.5 Å². The normalized spacial score (nSPS) is 12.4. The maximum absolute atomic E-state index is 15.5. The molecule has 3 amide bonds. The first kappa shape index (κ1) is 38.4. The first-order chi connectivity index (χ1) is 23.4. The molecule has 9 nitrogen and oxygen atoms in total. The van der Waals surface area contributed by atoms with E-state index in [1.165, 1.54) is 19.1 Å². The number of methoxy groups -OCH3 is 1. The fourth-order valence-electron chi connectivity index (χ4n) is 4.93. The lowest BCUT2D eigenvalue weighted by molar-refractivity contribution is -0.113. The number of nitrogens with zero attached hydrogens (tertiary/aromatic N) is 2. The van der Waals surface area contributed by atoms with Crippen LogP contribution in [0.15, 0.2) is 78.9 Å². The molecule has 0 aliphatic carbocycles. The number of carbonyl (C=O) groups is 3. The molecule has 11 heteroatoms. The number of hydrogen-bond acceptors (Lipinski definition) is 6. The van der Waals surface area contributed by atoms with Gasteiger partial charge in [0.05, 0.1) is 25.4 Å². The maximum atomic E-state index is 15.5. The van der Waals surface area contributed by atoms with Crippen LogP contribution in [0.4, 0.5) is 24.1 Å². The molecule has 1 N–H and O–H groups in total. The minimum Gasteiger partial charge on any atom is -0.444 e. The summed E-state index contributed by atoms with van der Waals surface area (Å²) < 4.78 is 47.8. The van der Waals surface area contributed by atoms with Crippen molar-refractivity contribution in [2.75, 3.05) is 52.0 Å². The Bertz CT molecular complexity index is 1610. The van der Waals surface area contributed by atoms with Crippen molar-refractivity contribution in [2.24, 2.45) is 0 Å². The Morgan fingerprint density at radius 3 is 2.12 bits per heavy atom. The molecule has 3 aromatic carbocycles. The van der Waals surface area contributed by atoms with Gasteiger partial charge in [0.25, 0.3) is 0 Å². The molecule has 0 saturated carbocycles. The molecule has 260 valence electrons. The number of alkyl carbamates (subject to hydrolysis) is 1. The Morgan fingerprint density at radius 1 is 0.918 bits per heavy atom. The number of carbonyl (C=O) groups excluding carboxylic acids is 3. The number of rotatable bonds is 14. The van der Waals surface area contributed by atoms with Gasteiger partial charge in [-0.3, -0.25) is 4.90 Å². The van der Waals surface area contributed by atoms with Crippen molar-refractivity contribution in [3.63, 3.8) is 0 Å². The Morgan fingerprint density at radius 2 is 1.53 bits per heavy atom. The lowest BCUT2D eigenvalue weighted by atomic mass is 9.95. The Hall–Kier alpha value is -5.05. The zero-order valence-corrected chi connectivity index (χ0v) is 28.5. The molecule has 0 spiro atoms. The van der Waals surface area contributed by atoms with Crippen LogP contribution >= 0.6 is 0 Å². The summed E-state index contributed by atoms with van der Waals surface area (Å²) in [6, 6.07) is 19.7. The molecule has 0 saturated heterocycles. The average Bonchev–Trinajstić information content (AvgIpc) is 3.05. The number of ether oxygens (including phenoxy) is 3. The van der Waals surface area contributed by atoms with Crippen molar-refractivity contribution in [2.45, 2.75) is 38.3 Å². The highest BCUT2D eigenvalue weighted by atomic mass is 19.1. The zero-order valence-electron chi connectivity index (χ0n) is 28.5. The van der Waals surface area contributed by atoms with E-state index >= 15 is 8.78 Å². The minimum atomic E-state index is -1.42. The predicted octanol–water partition coefficient (Wildman–Crippen LogP) is 6.45. The molecule has 1 atom stereocenters. The van der Waals surface area contributed by atoms with Gasteiger partial charge in [-0.2, -0.15) is 0 Å². The number of benzene rings is 3. The summed E-state index contributed by atoms with van der Waals surface area (Å²) in [6.45, 7) is 4.59. The molecule has 0 aromatic heterocycles. The van der Waals surface area contributed by atoms with E-state index in [9.17, 15) is 14.4 Å². The van der Waals surface area contributed by atoms with Crippen LogP contribution in [0.5, 0.6) is 0 Å². The molecule has 0 bridgehead atoms. The molecule has 49 heavy (non-hydrogen) atoms. The Kier molecular flexibility index (Phi) is 14.5. The lowest BCUT2D eigenvalue weighted by Crippen LogP contribution is -2.62. The summed E-state index contributed by atoms with van der Waals surface area (Å²) in [4.78, 5) is 40.8. The summed E-state index contributed by atoms with van der Waals surface area (Å²) >= 11 is 0. The number of nitrogens with one attached hydrogen (secondary N) is 1. The van der Waals surface area contributed by atoms with Crippen LogP contribution < -0.4 is 10.2 Å². The third-order valence-corrected chi connectivity index (χ3v) is 7.14. The van der Waals surface area contributed by atoms with Crippen molar-refractivity contribution in [3.8, 4) is 11.8 Å². The summed E-state index contributed by atoms with van der Waals surface area (Å²) in [5.74, 6) is 3.56. The van der Waals surface area contributed by atoms with Gasteiger partial charge in [0.2, 0.25) is 0 Å². The van der Waals surface area contributed by atoms with Crippen LogP contribution in [0.1, 0.15) is 43.9 Å². The average molecular weight is 676 g/mol. The summed E-state index contributed by atoms with van der Waals surface area (Å²) in [6.07, 6.45) is 3.29. The van der Waals surface area contributed by atoms with Crippen LogP contribution in [-0.2, 0) is 19.0 Å². The minimum absolute atomic E-state index is 0.0773. The van der Waals surface area contributed by atoms with E-state index in [0.717, 1.165) is 22.6 Å².